The number of aryl methyl sites for hydroxylation is 1. The number of rotatable bonds is 6. The van der Waals surface area contributed by atoms with E-state index in [0.717, 1.165) is 22.3 Å². The molecule has 0 atom stereocenters. The zero-order valence-corrected chi connectivity index (χ0v) is 12.8. The van der Waals surface area contributed by atoms with Gasteiger partial charge >= 0.3 is 0 Å². The second-order valence-electron chi connectivity index (χ2n) is 4.91. The highest BCUT2D eigenvalue weighted by molar-refractivity contribution is 7.89. The molecule has 1 aromatic carbocycles. The van der Waals surface area contributed by atoms with E-state index in [-0.39, 0.29) is 5.75 Å². The Morgan fingerprint density at radius 1 is 1.25 bits per heavy atom. The summed E-state index contributed by atoms with van der Waals surface area (Å²) in [4.78, 5) is 0. The van der Waals surface area contributed by atoms with E-state index in [2.05, 4.69) is 5.32 Å². The fourth-order valence-electron chi connectivity index (χ4n) is 2.04. The molecular formula is C14H20N2O3S. The van der Waals surface area contributed by atoms with Crippen molar-refractivity contribution < 1.29 is 12.8 Å². The third-order valence-corrected chi connectivity index (χ3v) is 5.13. The second-order valence-corrected chi connectivity index (χ2v) is 7.21. The summed E-state index contributed by atoms with van der Waals surface area (Å²) in [7, 11) is -0.0551. The molecule has 0 unspecified atom stereocenters. The molecule has 0 saturated carbocycles. The number of benzene rings is 1. The van der Waals surface area contributed by atoms with Crippen molar-refractivity contribution in [2.45, 2.75) is 13.5 Å². The molecule has 0 radical (unpaired) electrons. The van der Waals surface area contributed by atoms with Gasteiger partial charge in [0.25, 0.3) is 0 Å². The number of hydrogen-bond acceptors (Lipinski definition) is 4. The van der Waals surface area contributed by atoms with Gasteiger partial charge in [-0.2, -0.15) is 0 Å². The predicted molar refractivity (Wildman–Crippen MR) is 80.1 cm³/mol. The van der Waals surface area contributed by atoms with Gasteiger partial charge in [0.1, 0.15) is 11.3 Å². The summed E-state index contributed by atoms with van der Waals surface area (Å²) >= 11 is 0. The standard InChI is InChI=1S/C14H20N2O3S/c1-11-13(12-6-4-5-7-14(12)19-11)10-15-8-9-20(17,18)16(2)3/h4-7,15H,8-10H2,1-3H3. The van der Waals surface area contributed by atoms with Crippen LogP contribution >= 0.6 is 0 Å². The average molecular weight is 296 g/mol. The summed E-state index contributed by atoms with van der Waals surface area (Å²) in [6, 6.07) is 7.85. The van der Waals surface area contributed by atoms with Gasteiger partial charge < -0.3 is 9.73 Å². The van der Waals surface area contributed by atoms with Crippen molar-refractivity contribution >= 4 is 21.0 Å². The van der Waals surface area contributed by atoms with E-state index in [9.17, 15) is 8.42 Å². The molecule has 1 N–H and O–H groups in total. The molecule has 0 bridgehead atoms. The van der Waals surface area contributed by atoms with Gasteiger partial charge in [0.05, 0.1) is 5.75 Å². The summed E-state index contributed by atoms with van der Waals surface area (Å²) in [5.74, 6) is 0.962. The van der Waals surface area contributed by atoms with Crippen molar-refractivity contribution in [1.82, 2.24) is 9.62 Å². The molecule has 2 rings (SSSR count). The highest BCUT2D eigenvalue weighted by atomic mass is 32.2. The maximum atomic E-state index is 11.6. The van der Waals surface area contributed by atoms with Crippen LogP contribution in [0.25, 0.3) is 11.0 Å². The van der Waals surface area contributed by atoms with E-state index in [1.165, 1.54) is 4.31 Å². The number of nitrogens with zero attached hydrogens (tertiary/aromatic N) is 1. The number of fused-ring (bicyclic) bond motifs is 1. The monoisotopic (exact) mass is 296 g/mol. The maximum Gasteiger partial charge on any atom is 0.214 e. The van der Waals surface area contributed by atoms with Gasteiger partial charge in [-0.15, -0.1) is 0 Å². The van der Waals surface area contributed by atoms with Gasteiger partial charge in [-0.05, 0) is 13.0 Å². The summed E-state index contributed by atoms with van der Waals surface area (Å²) in [5, 5.41) is 4.24. The van der Waals surface area contributed by atoms with E-state index in [0.29, 0.717) is 13.1 Å². The van der Waals surface area contributed by atoms with Crippen molar-refractivity contribution in [2.75, 3.05) is 26.4 Å². The van der Waals surface area contributed by atoms with E-state index >= 15 is 0 Å². The first-order chi connectivity index (χ1) is 9.42. The summed E-state index contributed by atoms with van der Waals surface area (Å²) in [6.45, 7) is 2.94. The Morgan fingerprint density at radius 3 is 2.65 bits per heavy atom. The van der Waals surface area contributed by atoms with Crippen LogP contribution in [0.4, 0.5) is 0 Å². The molecule has 5 nitrogen and oxygen atoms in total. The molecule has 0 aliphatic rings. The van der Waals surface area contributed by atoms with Crippen LogP contribution in [0, 0.1) is 6.92 Å². The van der Waals surface area contributed by atoms with Crippen molar-refractivity contribution in [3.05, 3.63) is 35.6 Å². The molecule has 1 aromatic heterocycles. The highest BCUT2D eigenvalue weighted by Gasteiger charge is 2.13. The second kappa shape index (κ2) is 5.95. The minimum absolute atomic E-state index is 0.0921. The minimum atomic E-state index is -3.14. The summed E-state index contributed by atoms with van der Waals surface area (Å²) in [5.41, 5.74) is 1.95. The van der Waals surface area contributed by atoms with Crippen LogP contribution < -0.4 is 5.32 Å². The van der Waals surface area contributed by atoms with Crippen LogP contribution in [0.3, 0.4) is 0 Å². The quantitative estimate of drug-likeness (QED) is 0.825. The Hall–Kier alpha value is -1.37. The Kier molecular flexibility index (Phi) is 4.47. The Balaban J connectivity index is 1.99. The van der Waals surface area contributed by atoms with Crippen LogP contribution in [-0.2, 0) is 16.6 Å². The van der Waals surface area contributed by atoms with Crippen LogP contribution in [0.15, 0.2) is 28.7 Å². The molecule has 0 saturated heterocycles. The first-order valence-electron chi connectivity index (χ1n) is 6.50. The molecular weight excluding hydrogens is 276 g/mol. The molecule has 0 spiro atoms. The van der Waals surface area contributed by atoms with E-state index in [1.54, 1.807) is 14.1 Å². The topological polar surface area (TPSA) is 62.6 Å². The van der Waals surface area contributed by atoms with Gasteiger partial charge in [-0.25, -0.2) is 12.7 Å². The SMILES string of the molecule is Cc1oc2ccccc2c1CNCCS(=O)(=O)N(C)C. The largest absolute Gasteiger partial charge is 0.461 e. The highest BCUT2D eigenvalue weighted by Crippen LogP contribution is 2.24. The molecule has 110 valence electrons. The van der Waals surface area contributed by atoms with E-state index < -0.39 is 10.0 Å². The van der Waals surface area contributed by atoms with Crippen LogP contribution in [0.2, 0.25) is 0 Å². The first-order valence-corrected chi connectivity index (χ1v) is 8.10. The molecule has 0 aliphatic carbocycles. The van der Waals surface area contributed by atoms with Crippen molar-refractivity contribution in [3.8, 4) is 0 Å². The molecule has 1 heterocycles. The lowest BCUT2D eigenvalue weighted by Gasteiger charge is -2.11. The lowest BCUT2D eigenvalue weighted by molar-refractivity contribution is 0.517. The normalized spacial score (nSPS) is 12.4. The van der Waals surface area contributed by atoms with Gasteiger partial charge in [0.15, 0.2) is 0 Å². The third-order valence-electron chi connectivity index (χ3n) is 3.30. The predicted octanol–water partition coefficient (Wildman–Crippen LogP) is 1.72. The number of sulfonamides is 1. The van der Waals surface area contributed by atoms with Gasteiger partial charge in [-0.1, -0.05) is 18.2 Å². The van der Waals surface area contributed by atoms with Crippen molar-refractivity contribution in [1.29, 1.82) is 0 Å². The fourth-order valence-corrected chi connectivity index (χ4v) is 2.81. The van der Waals surface area contributed by atoms with Crippen LogP contribution in [0.5, 0.6) is 0 Å². The van der Waals surface area contributed by atoms with Gasteiger partial charge in [-0.3, -0.25) is 0 Å². The summed E-state index contributed by atoms with van der Waals surface area (Å²) in [6.07, 6.45) is 0. The van der Waals surface area contributed by atoms with Crippen LogP contribution in [0.1, 0.15) is 11.3 Å². The number of hydrogen-bond donors (Lipinski definition) is 1. The van der Waals surface area contributed by atoms with E-state index in [4.69, 9.17) is 4.42 Å². The molecule has 0 amide bonds. The third kappa shape index (κ3) is 3.20. The van der Waals surface area contributed by atoms with Crippen molar-refractivity contribution in [2.24, 2.45) is 0 Å². The Labute approximate surface area is 119 Å². The zero-order valence-electron chi connectivity index (χ0n) is 12.0. The minimum Gasteiger partial charge on any atom is -0.461 e. The molecule has 0 fully saturated rings. The van der Waals surface area contributed by atoms with E-state index in [1.807, 2.05) is 31.2 Å². The molecule has 6 heteroatoms. The molecule has 20 heavy (non-hydrogen) atoms. The molecule has 0 aliphatic heterocycles. The maximum absolute atomic E-state index is 11.6. The van der Waals surface area contributed by atoms with Gasteiger partial charge in [0.2, 0.25) is 10.0 Å². The van der Waals surface area contributed by atoms with Crippen molar-refractivity contribution in [3.63, 3.8) is 0 Å². The zero-order chi connectivity index (χ0) is 14.8. The van der Waals surface area contributed by atoms with Gasteiger partial charge in [0, 0.05) is 38.1 Å². The first kappa shape index (κ1) is 15.0. The Morgan fingerprint density at radius 2 is 1.95 bits per heavy atom. The number of para-hydroxylation sites is 1. The smallest absolute Gasteiger partial charge is 0.214 e. The summed E-state index contributed by atoms with van der Waals surface area (Å²) < 4.78 is 30.2. The Bertz CT molecular complexity index is 690. The average Bonchev–Trinajstić information content (AvgIpc) is 2.70. The fraction of sp³-hybridized carbons (Fsp3) is 0.429. The van der Waals surface area contributed by atoms with Crippen LogP contribution in [-0.4, -0.2) is 39.1 Å². The lowest BCUT2D eigenvalue weighted by atomic mass is 10.1. The lowest BCUT2D eigenvalue weighted by Crippen LogP contribution is -2.31. The molecule has 2 aromatic rings. The number of nitrogens with one attached hydrogen (secondary N) is 1. The number of furan rings is 1.